The lowest BCUT2D eigenvalue weighted by molar-refractivity contribution is 0.102. The van der Waals surface area contributed by atoms with Gasteiger partial charge >= 0.3 is 0 Å². The van der Waals surface area contributed by atoms with E-state index in [1.807, 2.05) is 6.07 Å². The van der Waals surface area contributed by atoms with Gasteiger partial charge < -0.3 is 10.1 Å². The Kier molecular flexibility index (Phi) is 5.79. The van der Waals surface area contributed by atoms with Gasteiger partial charge in [0, 0.05) is 21.7 Å². The Morgan fingerprint density at radius 3 is 2.30 bits per heavy atom. The Morgan fingerprint density at radius 2 is 1.63 bits per heavy atom. The van der Waals surface area contributed by atoms with Crippen molar-refractivity contribution in [2.24, 2.45) is 0 Å². The normalized spacial score (nSPS) is 10.3. The largest absolute Gasteiger partial charge is 0.495 e. The van der Waals surface area contributed by atoms with Crippen molar-refractivity contribution < 1.29 is 14.3 Å². The number of carbonyl (C=O) groups is 2. The second kappa shape index (κ2) is 8.25. The molecule has 136 valence electrons. The summed E-state index contributed by atoms with van der Waals surface area (Å²) in [6.07, 6.45) is 0. The summed E-state index contributed by atoms with van der Waals surface area (Å²) in [4.78, 5) is 25.4. The highest BCUT2D eigenvalue weighted by molar-refractivity contribution is 6.32. The molecule has 0 spiro atoms. The number of halogens is 2. The first-order valence-corrected chi connectivity index (χ1v) is 8.79. The highest BCUT2D eigenvalue weighted by Gasteiger charge is 2.17. The molecule has 0 aromatic heterocycles. The van der Waals surface area contributed by atoms with Crippen LogP contribution >= 0.6 is 23.2 Å². The SMILES string of the molecule is COc1ccc(C(=O)Nc2ccc(Cl)cc2C(=O)c2ccccc2)cc1Cl. The summed E-state index contributed by atoms with van der Waals surface area (Å²) in [6, 6.07) is 18.2. The smallest absolute Gasteiger partial charge is 0.255 e. The summed E-state index contributed by atoms with van der Waals surface area (Å²) in [5.74, 6) is -0.162. The quantitative estimate of drug-likeness (QED) is 0.577. The molecule has 0 heterocycles. The van der Waals surface area contributed by atoms with Gasteiger partial charge in [0.25, 0.3) is 5.91 Å². The number of benzene rings is 3. The molecule has 1 N–H and O–H groups in total. The standard InChI is InChI=1S/C21H15Cl2NO3/c1-27-19-10-7-14(11-17(19)23)21(26)24-18-9-8-15(22)12-16(18)20(25)13-5-3-2-4-6-13/h2-12H,1H3,(H,24,26). The van der Waals surface area contributed by atoms with Crippen molar-refractivity contribution in [2.45, 2.75) is 0 Å². The van der Waals surface area contributed by atoms with E-state index in [2.05, 4.69) is 5.32 Å². The van der Waals surface area contributed by atoms with Gasteiger partial charge in [-0.1, -0.05) is 53.5 Å². The molecule has 0 aliphatic carbocycles. The highest BCUT2D eigenvalue weighted by Crippen LogP contribution is 2.27. The van der Waals surface area contributed by atoms with Crippen molar-refractivity contribution >= 4 is 40.6 Å². The summed E-state index contributed by atoms with van der Waals surface area (Å²) < 4.78 is 5.09. The lowest BCUT2D eigenvalue weighted by atomic mass is 10.0. The average molecular weight is 400 g/mol. The number of methoxy groups -OCH3 is 1. The van der Waals surface area contributed by atoms with E-state index < -0.39 is 5.91 Å². The van der Waals surface area contributed by atoms with Crippen molar-refractivity contribution in [2.75, 3.05) is 12.4 Å². The van der Waals surface area contributed by atoms with Crippen LogP contribution in [0.4, 0.5) is 5.69 Å². The maximum atomic E-state index is 12.8. The van der Waals surface area contributed by atoms with Crippen LogP contribution in [-0.2, 0) is 0 Å². The molecule has 3 aromatic rings. The highest BCUT2D eigenvalue weighted by atomic mass is 35.5. The van der Waals surface area contributed by atoms with Crippen LogP contribution in [-0.4, -0.2) is 18.8 Å². The summed E-state index contributed by atoms with van der Waals surface area (Å²) >= 11 is 12.1. The average Bonchev–Trinajstić information content (AvgIpc) is 2.69. The molecule has 0 saturated carbocycles. The Bertz CT molecular complexity index is 1000. The maximum absolute atomic E-state index is 12.8. The second-order valence-corrected chi connectivity index (χ2v) is 6.53. The first kappa shape index (κ1) is 19.0. The molecule has 0 aliphatic heterocycles. The third-order valence-corrected chi connectivity index (χ3v) is 4.45. The lowest BCUT2D eigenvalue weighted by Crippen LogP contribution is -2.15. The molecule has 0 aliphatic rings. The molecule has 1 amide bonds. The van der Waals surface area contributed by atoms with Crippen molar-refractivity contribution in [1.29, 1.82) is 0 Å². The number of ether oxygens (including phenoxy) is 1. The minimum atomic E-state index is -0.399. The van der Waals surface area contributed by atoms with E-state index in [1.54, 1.807) is 48.5 Å². The number of hydrogen-bond acceptors (Lipinski definition) is 3. The Morgan fingerprint density at radius 1 is 0.889 bits per heavy atom. The van der Waals surface area contributed by atoms with E-state index in [0.29, 0.717) is 38.2 Å². The Balaban J connectivity index is 1.92. The zero-order chi connectivity index (χ0) is 19.4. The van der Waals surface area contributed by atoms with Crippen LogP contribution in [0.2, 0.25) is 10.0 Å². The van der Waals surface area contributed by atoms with Gasteiger partial charge in [0.15, 0.2) is 5.78 Å². The lowest BCUT2D eigenvalue weighted by Gasteiger charge is -2.12. The molecule has 27 heavy (non-hydrogen) atoms. The molecule has 0 bridgehead atoms. The predicted molar refractivity (Wildman–Crippen MR) is 107 cm³/mol. The summed E-state index contributed by atoms with van der Waals surface area (Å²) in [5.41, 5.74) is 1.52. The number of carbonyl (C=O) groups excluding carboxylic acids is 2. The van der Waals surface area contributed by atoms with E-state index in [9.17, 15) is 9.59 Å². The number of ketones is 1. The van der Waals surface area contributed by atoms with Crippen molar-refractivity contribution in [3.05, 3.63) is 93.5 Å². The molecule has 0 radical (unpaired) electrons. The van der Waals surface area contributed by atoms with Crippen LogP contribution < -0.4 is 10.1 Å². The van der Waals surface area contributed by atoms with Crippen molar-refractivity contribution in [3.63, 3.8) is 0 Å². The molecular formula is C21H15Cl2NO3. The first-order chi connectivity index (χ1) is 13.0. The monoisotopic (exact) mass is 399 g/mol. The van der Waals surface area contributed by atoms with E-state index in [4.69, 9.17) is 27.9 Å². The predicted octanol–water partition coefficient (Wildman–Crippen LogP) is 5.49. The van der Waals surface area contributed by atoms with Crippen LogP contribution in [0.5, 0.6) is 5.75 Å². The van der Waals surface area contributed by atoms with Gasteiger partial charge in [-0.3, -0.25) is 9.59 Å². The fourth-order valence-electron chi connectivity index (χ4n) is 2.56. The zero-order valence-electron chi connectivity index (χ0n) is 14.3. The van der Waals surface area contributed by atoms with Gasteiger partial charge in [-0.2, -0.15) is 0 Å². The van der Waals surface area contributed by atoms with Crippen LogP contribution in [0.1, 0.15) is 26.3 Å². The number of hydrogen-bond donors (Lipinski definition) is 1. The topological polar surface area (TPSA) is 55.4 Å². The molecule has 0 unspecified atom stereocenters. The van der Waals surface area contributed by atoms with Gasteiger partial charge in [-0.15, -0.1) is 0 Å². The number of amides is 1. The first-order valence-electron chi connectivity index (χ1n) is 8.04. The molecule has 0 fully saturated rings. The van der Waals surface area contributed by atoms with Crippen LogP contribution in [0.15, 0.2) is 66.7 Å². The van der Waals surface area contributed by atoms with Gasteiger partial charge in [0.2, 0.25) is 0 Å². The molecule has 3 aromatic carbocycles. The van der Waals surface area contributed by atoms with Crippen LogP contribution in [0.25, 0.3) is 0 Å². The summed E-state index contributed by atoms with van der Waals surface area (Å²) in [7, 11) is 1.50. The van der Waals surface area contributed by atoms with Crippen LogP contribution in [0, 0.1) is 0 Å². The van der Waals surface area contributed by atoms with E-state index >= 15 is 0 Å². The van der Waals surface area contributed by atoms with Gasteiger partial charge in [-0.25, -0.2) is 0 Å². The van der Waals surface area contributed by atoms with Gasteiger partial charge in [0.1, 0.15) is 5.75 Å². The third-order valence-electron chi connectivity index (χ3n) is 3.92. The molecular weight excluding hydrogens is 385 g/mol. The zero-order valence-corrected chi connectivity index (χ0v) is 15.8. The number of anilines is 1. The van der Waals surface area contributed by atoms with E-state index in [-0.39, 0.29) is 5.78 Å². The molecule has 0 atom stereocenters. The summed E-state index contributed by atoms with van der Waals surface area (Å²) in [5, 5.41) is 3.48. The summed E-state index contributed by atoms with van der Waals surface area (Å²) in [6.45, 7) is 0. The van der Waals surface area contributed by atoms with Crippen molar-refractivity contribution in [1.82, 2.24) is 0 Å². The number of rotatable bonds is 5. The van der Waals surface area contributed by atoms with Crippen LogP contribution in [0.3, 0.4) is 0 Å². The third kappa shape index (κ3) is 4.30. The molecule has 0 saturated heterocycles. The fourth-order valence-corrected chi connectivity index (χ4v) is 2.99. The molecule has 4 nitrogen and oxygen atoms in total. The minimum Gasteiger partial charge on any atom is -0.495 e. The number of nitrogens with one attached hydrogen (secondary N) is 1. The Hall–Kier alpha value is -2.82. The van der Waals surface area contributed by atoms with Gasteiger partial charge in [-0.05, 0) is 36.4 Å². The minimum absolute atomic E-state index is 0.235. The molecule has 6 heteroatoms. The Labute approximate surface area is 166 Å². The van der Waals surface area contributed by atoms with E-state index in [0.717, 1.165) is 0 Å². The fraction of sp³-hybridized carbons (Fsp3) is 0.0476. The molecule has 3 rings (SSSR count). The maximum Gasteiger partial charge on any atom is 0.255 e. The van der Waals surface area contributed by atoms with Crippen molar-refractivity contribution in [3.8, 4) is 5.75 Å². The van der Waals surface area contributed by atoms with E-state index in [1.165, 1.54) is 19.2 Å². The van der Waals surface area contributed by atoms with Gasteiger partial charge in [0.05, 0.1) is 17.8 Å². The second-order valence-electron chi connectivity index (χ2n) is 5.69.